The smallest absolute Gasteiger partial charge is 0.226 e. The minimum absolute atomic E-state index is 0.233. The molecule has 0 saturated heterocycles. The van der Waals surface area contributed by atoms with Crippen molar-refractivity contribution in [2.45, 2.75) is 33.7 Å². The van der Waals surface area contributed by atoms with Gasteiger partial charge in [-0.05, 0) is 33.2 Å². The summed E-state index contributed by atoms with van der Waals surface area (Å²) in [6.07, 6.45) is 0. The molecule has 1 aromatic rings. The van der Waals surface area contributed by atoms with E-state index in [0.717, 1.165) is 5.69 Å². The number of nitrogens with one attached hydrogen (secondary N) is 1. The summed E-state index contributed by atoms with van der Waals surface area (Å²) in [6.45, 7) is 9.26. The van der Waals surface area contributed by atoms with Gasteiger partial charge in [0.1, 0.15) is 0 Å². The van der Waals surface area contributed by atoms with E-state index in [1.807, 2.05) is 19.9 Å². The monoisotopic (exact) mass is 238 g/mol. The zero-order valence-electron chi connectivity index (χ0n) is 11.0. The second kappa shape index (κ2) is 6.39. The van der Waals surface area contributed by atoms with Crippen LogP contribution in [0.2, 0.25) is 0 Å². The van der Waals surface area contributed by atoms with E-state index in [1.54, 1.807) is 0 Å². The molecule has 0 aliphatic rings. The number of aromatic nitrogens is 2. The van der Waals surface area contributed by atoms with Gasteiger partial charge in [0, 0.05) is 17.8 Å². The lowest BCUT2D eigenvalue weighted by molar-refractivity contribution is 0.326. The van der Waals surface area contributed by atoms with Crippen LogP contribution in [0, 0.1) is 12.8 Å². The van der Waals surface area contributed by atoms with Crippen LogP contribution in [0.4, 0.5) is 5.95 Å². The SMILES string of the molecule is CCOc1cc(C)nc(NC(C)C(C)CN)n1. The van der Waals surface area contributed by atoms with E-state index in [9.17, 15) is 0 Å². The summed E-state index contributed by atoms with van der Waals surface area (Å²) in [4.78, 5) is 8.62. The van der Waals surface area contributed by atoms with Crippen LogP contribution in [0.3, 0.4) is 0 Å². The van der Waals surface area contributed by atoms with Crippen LogP contribution in [-0.2, 0) is 0 Å². The Hall–Kier alpha value is -1.36. The molecule has 0 fully saturated rings. The Balaban J connectivity index is 2.76. The molecule has 3 N–H and O–H groups in total. The van der Waals surface area contributed by atoms with Gasteiger partial charge >= 0.3 is 0 Å². The van der Waals surface area contributed by atoms with E-state index in [4.69, 9.17) is 10.5 Å². The van der Waals surface area contributed by atoms with Crippen molar-refractivity contribution in [3.8, 4) is 5.88 Å². The Morgan fingerprint density at radius 2 is 2.12 bits per heavy atom. The maximum Gasteiger partial charge on any atom is 0.226 e. The molecule has 96 valence electrons. The zero-order chi connectivity index (χ0) is 12.8. The first kappa shape index (κ1) is 13.7. The highest BCUT2D eigenvalue weighted by molar-refractivity contribution is 5.31. The maximum absolute atomic E-state index is 5.63. The third-order valence-corrected chi connectivity index (χ3v) is 2.71. The number of nitrogens with two attached hydrogens (primary N) is 1. The third kappa shape index (κ3) is 4.19. The van der Waals surface area contributed by atoms with E-state index in [-0.39, 0.29) is 6.04 Å². The molecule has 5 nitrogen and oxygen atoms in total. The summed E-state index contributed by atoms with van der Waals surface area (Å²) in [5.41, 5.74) is 6.52. The number of ether oxygens (including phenoxy) is 1. The van der Waals surface area contributed by atoms with E-state index < -0.39 is 0 Å². The molecule has 0 bridgehead atoms. The van der Waals surface area contributed by atoms with Crippen LogP contribution in [0.1, 0.15) is 26.5 Å². The summed E-state index contributed by atoms with van der Waals surface area (Å²) in [7, 11) is 0. The first-order valence-corrected chi connectivity index (χ1v) is 6.01. The fourth-order valence-corrected chi connectivity index (χ4v) is 1.38. The van der Waals surface area contributed by atoms with Gasteiger partial charge in [-0.25, -0.2) is 4.98 Å². The second-order valence-electron chi connectivity index (χ2n) is 4.25. The molecule has 1 aromatic heterocycles. The Labute approximate surface area is 103 Å². The molecule has 0 radical (unpaired) electrons. The Morgan fingerprint density at radius 3 is 2.71 bits per heavy atom. The topological polar surface area (TPSA) is 73.1 Å². The Kier molecular flexibility index (Phi) is 5.15. The molecule has 0 spiro atoms. The first-order chi connectivity index (χ1) is 8.06. The van der Waals surface area contributed by atoms with Crippen molar-refractivity contribution in [2.75, 3.05) is 18.5 Å². The van der Waals surface area contributed by atoms with Crippen molar-refractivity contribution in [3.05, 3.63) is 11.8 Å². The number of anilines is 1. The second-order valence-corrected chi connectivity index (χ2v) is 4.25. The fraction of sp³-hybridized carbons (Fsp3) is 0.667. The summed E-state index contributed by atoms with van der Waals surface area (Å²) in [6, 6.07) is 2.06. The molecule has 5 heteroatoms. The molecular weight excluding hydrogens is 216 g/mol. The zero-order valence-corrected chi connectivity index (χ0v) is 11.0. The number of hydrogen-bond acceptors (Lipinski definition) is 5. The van der Waals surface area contributed by atoms with Crippen molar-refractivity contribution in [3.63, 3.8) is 0 Å². The highest BCUT2D eigenvalue weighted by Gasteiger charge is 2.12. The number of nitrogens with zero attached hydrogens (tertiary/aromatic N) is 2. The van der Waals surface area contributed by atoms with E-state index in [0.29, 0.717) is 30.9 Å². The van der Waals surface area contributed by atoms with Gasteiger partial charge in [0.2, 0.25) is 11.8 Å². The number of rotatable bonds is 6. The van der Waals surface area contributed by atoms with Crippen molar-refractivity contribution in [1.29, 1.82) is 0 Å². The molecule has 0 amide bonds. The predicted molar refractivity (Wildman–Crippen MR) is 69.2 cm³/mol. The fourth-order valence-electron chi connectivity index (χ4n) is 1.38. The minimum Gasteiger partial charge on any atom is -0.478 e. The Morgan fingerprint density at radius 1 is 1.41 bits per heavy atom. The van der Waals surface area contributed by atoms with Crippen molar-refractivity contribution >= 4 is 5.95 Å². The van der Waals surface area contributed by atoms with Gasteiger partial charge in [0.15, 0.2) is 0 Å². The van der Waals surface area contributed by atoms with Crippen LogP contribution >= 0.6 is 0 Å². The highest BCUT2D eigenvalue weighted by Crippen LogP contribution is 2.14. The summed E-state index contributed by atoms with van der Waals surface area (Å²) in [5, 5.41) is 3.25. The Bertz CT molecular complexity index is 356. The lowest BCUT2D eigenvalue weighted by Gasteiger charge is -2.20. The first-order valence-electron chi connectivity index (χ1n) is 6.01. The molecule has 0 aromatic carbocycles. The third-order valence-electron chi connectivity index (χ3n) is 2.71. The lowest BCUT2D eigenvalue weighted by atomic mass is 10.0. The van der Waals surface area contributed by atoms with Crippen LogP contribution < -0.4 is 15.8 Å². The molecule has 1 heterocycles. The molecule has 0 aliphatic carbocycles. The van der Waals surface area contributed by atoms with E-state index in [2.05, 4.69) is 29.1 Å². The quantitative estimate of drug-likeness (QED) is 0.787. The van der Waals surface area contributed by atoms with Crippen LogP contribution in [0.25, 0.3) is 0 Å². The molecular formula is C12H22N4O. The summed E-state index contributed by atoms with van der Waals surface area (Å²) >= 11 is 0. The van der Waals surface area contributed by atoms with Crippen molar-refractivity contribution in [2.24, 2.45) is 11.7 Å². The van der Waals surface area contributed by atoms with Crippen molar-refractivity contribution < 1.29 is 4.74 Å². The van der Waals surface area contributed by atoms with E-state index >= 15 is 0 Å². The molecule has 17 heavy (non-hydrogen) atoms. The minimum atomic E-state index is 0.233. The normalized spacial score (nSPS) is 14.2. The summed E-state index contributed by atoms with van der Waals surface area (Å²) in [5.74, 6) is 1.58. The lowest BCUT2D eigenvalue weighted by Crippen LogP contribution is -2.30. The van der Waals surface area contributed by atoms with E-state index in [1.165, 1.54) is 0 Å². The van der Waals surface area contributed by atoms with Crippen LogP contribution in [-0.4, -0.2) is 29.2 Å². The molecule has 2 atom stereocenters. The number of aryl methyl sites for hydroxylation is 1. The van der Waals surface area contributed by atoms with Gasteiger partial charge in [-0.1, -0.05) is 6.92 Å². The maximum atomic E-state index is 5.63. The average Bonchev–Trinajstić information content (AvgIpc) is 2.27. The predicted octanol–water partition coefficient (Wildman–Crippen LogP) is 1.58. The van der Waals surface area contributed by atoms with Crippen LogP contribution in [0.5, 0.6) is 5.88 Å². The molecule has 2 unspecified atom stereocenters. The molecule has 1 rings (SSSR count). The standard InChI is InChI=1S/C12H22N4O/c1-5-17-11-6-9(3)14-12(16-11)15-10(4)8(2)7-13/h6,8,10H,5,7,13H2,1-4H3,(H,14,15,16). The van der Waals surface area contributed by atoms with Crippen molar-refractivity contribution in [1.82, 2.24) is 9.97 Å². The van der Waals surface area contributed by atoms with Gasteiger partial charge in [0.05, 0.1) is 6.61 Å². The summed E-state index contributed by atoms with van der Waals surface area (Å²) < 4.78 is 5.38. The molecule has 0 saturated carbocycles. The van der Waals surface area contributed by atoms with Gasteiger partial charge in [-0.3, -0.25) is 0 Å². The van der Waals surface area contributed by atoms with Gasteiger partial charge < -0.3 is 15.8 Å². The average molecular weight is 238 g/mol. The highest BCUT2D eigenvalue weighted by atomic mass is 16.5. The molecule has 0 aliphatic heterocycles. The van der Waals surface area contributed by atoms with Gasteiger partial charge in [-0.2, -0.15) is 4.98 Å². The van der Waals surface area contributed by atoms with Gasteiger partial charge in [0.25, 0.3) is 0 Å². The van der Waals surface area contributed by atoms with Crippen LogP contribution in [0.15, 0.2) is 6.07 Å². The van der Waals surface area contributed by atoms with Gasteiger partial charge in [-0.15, -0.1) is 0 Å². The largest absolute Gasteiger partial charge is 0.478 e. The number of hydrogen-bond donors (Lipinski definition) is 2.